The molecule has 3 aromatic rings. The van der Waals surface area contributed by atoms with Gasteiger partial charge in [0.2, 0.25) is 0 Å². The molecule has 0 atom stereocenters. The number of alkyl halides is 4. The van der Waals surface area contributed by atoms with Gasteiger partial charge in [0.05, 0.1) is 11.2 Å². The predicted molar refractivity (Wildman–Crippen MR) is 97.5 cm³/mol. The van der Waals surface area contributed by atoms with E-state index in [0.29, 0.717) is 11.0 Å². The molecule has 0 aliphatic rings. The molecule has 3 rings (SSSR count). The molecular formula is C18H15F4N5O3. The summed E-state index contributed by atoms with van der Waals surface area (Å²) in [5, 5.41) is 7.80. The lowest BCUT2D eigenvalue weighted by Gasteiger charge is -2.16. The molecule has 0 bridgehead atoms. The van der Waals surface area contributed by atoms with Crippen molar-refractivity contribution in [2.45, 2.75) is 19.8 Å². The highest BCUT2D eigenvalue weighted by atomic mass is 19.3. The highest BCUT2D eigenvalue weighted by molar-refractivity contribution is 5.80. The molecule has 30 heavy (non-hydrogen) atoms. The van der Waals surface area contributed by atoms with Gasteiger partial charge in [0.15, 0.2) is 0 Å². The molecule has 1 amide bonds. The summed E-state index contributed by atoms with van der Waals surface area (Å²) in [6, 6.07) is 10.2. The summed E-state index contributed by atoms with van der Waals surface area (Å²) in [6.07, 6.45) is 0. The minimum Gasteiger partial charge on any atom is -0.435 e. The van der Waals surface area contributed by atoms with Crippen LogP contribution in [0.25, 0.3) is 16.7 Å². The van der Waals surface area contributed by atoms with Gasteiger partial charge in [-0.25, -0.2) is 4.68 Å². The van der Waals surface area contributed by atoms with Crippen molar-refractivity contribution in [3.05, 3.63) is 54.6 Å². The maximum Gasteiger partial charge on any atom is 0.387 e. The van der Waals surface area contributed by atoms with Crippen LogP contribution in [0.15, 0.2) is 49.0 Å². The molecule has 1 heterocycles. The predicted octanol–water partition coefficient (Wildman–Crippen LogP) is 2.93. The average molecular weight is 425 g/mol. The standard InChI is InChI=1S/C18H15F4N5O3/c1-10(12-7-6-11(29-17(19)20)8-15(12)30-18(21)22)23-25-16(28)9-27-14-5-3-2-4-13(14)24-26-27/h2-8,17-18,23H,1,9H2,(H,25,28). The van der Waals surface area contributed by atoms with Gasteiger partial charge in [0.1, 0.15) is 23.6 Å². The summed E-state index contributed by atoms with van der Waals surface area (Å²) in [5.41, 5.74) is 6.05. The van der Waals surface area contributed by atoms with E-state index in [9.17, 15) is 22.4 Å². The second-order valence-corrected chi connectivity index (χ2v) is 5.80. The zero-order valence-electron chi connectivity index (χ0n) is 15.2. The number of nitrogens with zero attached hydrogens (tertiary/aromatic N) is 3. The van der Waals surface area contributed by atoms with E-state index < -0.39 is 24.9 Å². The Labute approximate surface area is 167 Å². The molecule has 0 fully saturated rings. The third-order valence-corrected chi connectivity index (χ3v) is 3.79. The van der Waals surface area contributed by atoms with Crippen LogP contribution >= 0.6 is 0 Å². The monoisotopic (exact) mass is 425 g/mol. The van der Waals surface area contributed by atoms with Gasteiger partial charge in [-0.05, 0) is 24.3 Å². The Hall–Kier alpha value is -3.83. The SMILES string of the molecule is C=C(NNC(=O)Cn1nnc2ccccc21)c1ccc(OC(F)F)cc1OC(F)F. The number of para-hydroxylation sites is 1. The van der Waals surface area contributed by atoms with Crippen molar-refractivity contribution in [3.8, 4) is 11.5 Å². The lowest BCUT2D eigenvalue weighted by Crippen LogP contribution is -2.38. The van der Waals surface area contributed by atoms with Crippen molar-refractivity contribution in [2.75, 3.05) is 0 Å². The zero-order valence-corrected chi connectivity index (χ0v) is 15.2. The molecule has 0 aliphatic heterocycles. The zero-order chi connectivity index (χ0) is 21.7. The number of nitrogens with one attached hydrogen (secondary N) is 2. The average Bonchev–Trinajstić information content (AvgIpc) is 3.08. The summed E-state index contributed by atoms with van der Waals surface area (Å²) in [4.78, 5) is 12.2. The maximum absolute atomic E-state index is 12.7. The van der Waals surface area contributed by atoms with E-state index in [0.717, 1.165) is 12.1 Å². The number of rotatable bonds is 9. The smallest absolute Gasteiger partial charge is 0.387 e. The van der Waals surface area contributed by atoms with Crippen LogP contribution in [0.5, 0.6) is 11.5 Å². The van der Waals surface area contributed by atoms with Crippen LogP contribution in [-0.2, 0) is 11.3 Å². The summed E-state index contributed by atoms with van der Waals surface area (Å²) < 4.78 is 59.9. The van der Waals surface area contributed by atoms with Gasteiger partial charge in [-0.3, -0.25) is 15.6 Å². The third-order valence-electron chi connectivity index (χ3n) is 3.79. The lowest BCUT2D eigenvalue weighted by atomic mass is 10.1. The number of benzene rings is 2. The minimum absolute atomic E-state index is 0.00317. The van der Waals surface area contributed by atoms with Crippen LogP contribution in [0.1, 0.15) is 5.56 Å². The molecule has 2 N–H and O–H groups in total. The second kappa shape index (κ2) is 9.11. The van der Waals surface area contributed by atoms with Crippen molar-refractivity contribution in [3.63, 3.8) is 0 Å². The van der Waals surface area contributed by atoms with E-state index in [-0.39, 0.29) is 23.6 Å². The minimum atomic E-state index is -3.21. The van der Waals surface area contributed by atoms with Gasteiger partial charge < -0.3 is 9.47 Å². The summed E-state index contributed by atoms with van der Waals surface area (Å²) in [7, 11) is 0. The summed E-state index contributed by atoms with van der Waals surface area (Å²) >= 11 is 0. The van der Waals surface area contributed by atoms with Crippen molar-refractivity contribution in [2.24, 2.45) is 0 Å². The highest BCUT2D eigenvalue weighted by Gasteiger charge is 2.16. The van der Waals surface area contributed by atoms with Crippen molar-refractivity contribution < 1.29 is 31.8 Å². The molecule has 0 saturated heterocycles. The Kier molecular flexibility index (Phi) is 6.35. The van der Waals surface area contributed by atoms with Gasteiger partial charge in [0.25, 0.3) is 5.91 Å². The fourth-order valence-electron chi connectivity index (χ4n) is 2.54. The molecule has 12 heteroatoms. The van der Waals surface area contributed by atoms with Crippen molar-refractivity contribution in [1.82, 2.24) is 25.8 Å². The van der Waals surface area contributed by atoms with Crippen LogP contribution in [0.4, 0.5) is 17.6 Å². The Balaban J connectivity index is 1.66. The molecular weight excluding hydrogens is 410 g/mol. The van der Waals surface area contributed by atoms with Gasteiger partial charge in [0, 0.05) is 11.6 Å². The number of carbonyl (C=O) groups is 1. The Morgan fingerprint density at radius 2 is 1.80 bits per heavy atom. The fraction of sp³-hybridized carbons (Fsp3) is 0.167. The number of fused-ring (bicyclic) bond motifs is 1. The number of hydrogen-bond acceptors (Lipinski definition) is 6. The first-order valence-corrected chi connectivity index (χ1v) is 8.39. The number of aromatic nitrogens is 3. The highest BCUT2D eigenvalue weighted by Crippen LogP contribution is 2.30. The fourth-order valence-corrected chi connectivity index (χ4v) is 2.54. The van der Waals surface area contributed by atoms with E-state index in [1.807, 2.05) is 0 Å². The van der Waals surface area contributed by atoms with Crippen LogP contribution < -0.4 is 20.3 Å². The molecule has 0 unspecified atom stereocenters. The van der Waals surface area contributed by atoms with Crippen LogP contribution in [0.2, 0.25) is 0 Å². The third kappa shape index (κ3) is 5.16. The van der Waals surface area contributed by atoms with Gasteiger partial charge in [-0.1, -0.05) is 23.9 Å². The lowest BCUT2D eigenvalue weighted by molar-refractivity contribution is -0.122. The number of amides is 1. The number of hydrogen-bond donors (Lipinski definition) is 2. The molecule has 158 valence electrons. The molecule has 0 aliphatic carbocycles. The van der Waals surface area contributed by atoms with Crippen molar-refractivity contribution >= 4 is 22.6 Å². The van der Waals surface area contributed by atoms with Gasteiger partial charge >= 0.3 is 13.2 Å². The van der Waals surface area contributed by atoms with E-state index in [1.165, 1.54) is 10.7 Å². The number of hydrazine groups is 1. The first-order valence-electron chi connectivity index (χ1n) is 8.39. The van der Waals surface area contributed by atoms with Gasteiger partial charge in [-0.15, -0.1) is 5.10 Å². The first-order chi connectivity index (χ1) is 14.3. The largest absolute Gasteiger partial charge is 0.435 e. The Morgan fingerprint density at radius 3 is 2.53 bits per heavy atom. The van der Waals surface area contributed by atoms with E-state index in [1.54, 1.807) is 24.3 Å². The van der Waals surface area contributed by atoms with Crippen molar-refractivity contribution in [1.29, 1.82) is 0 Å². The Morgan fingerprint density at radius 1 is 1.07 bits per heavy atom. The van der Waals surface area contributed by atoms with Crippen LogP contribution in [0, 0.1) is 0 Å². The summed E-state index contributed by atoms with van der Waals surface area (Å²) in [5.74, 6) is -1.36. The number of halogens is 4. The van der Waals surface area contributed by atoms with Crippen LogP contribution in [-0.4, -0.2) is 34.1 Å². The van der Waals surface area contributed by atoms with E-state index in [4.69, 9.17) is 0 Å². The normalized spacial score (nSPS) is 11.0. The molecule has 0 saturated carbocycles. The molecule has 2 aromatic carbocycles. The Bertz CT molecular complexity index is 1060. The second-order valence-electron chi connectivity index (χ2n) is 5.80. The first kappa shape index (κ1) is 20.9. The number of ether oxygens (including phenoxy) is 2. The van der Waals surface area contributed by atoms with Gasteiger partial charge in [-0.2, -0.15) is 17.6 Å². The molecule has 1 aromatic heterocycles. The van der Waals surface area contributed by atoms with E-state index in [2.05, 4.69) is 37.2 Å². The number of carbonyl (C=O) groups excluding carboxylic acids is 1. The maximum atomic E-state index is 12.7. The molecule has 8 nitrogen and oxygen atoms in total. The summed E-state index contributed by atoms with van der Waals surface area (Å²) in [6.45, 7) is -2.90. The topological polar surface area (TPSA) is 90.3 Å². The quantitative estimate of drug-likeness (QED) is 0.405. The van der Waals surface area contributed by atoms with Crippen LogP contribution in [0.3, 0.4) is 0 Å². The molecule has 0 spiro atoms. The van der Waals surface area contributed by atoms with E-state index >= 15 is 0 Å². The molecule has 0 radical (unpaired) electrons.